The number of hydrogen-bond acceptors (Lipinski definition) is 4. The second-order valence-electron chi connectivity index (χ2n) is 3.18. The lowest BCUT2D eigenvalue weighted by Crippen LogP contribution is -2.06. The van der Waals surface area contributed by atoms with Crippen LogP contribution in [0.4, 0.5) is 5.69 Å². The van der Waals surface area contributed by atoms with Crippen LogP contribution in [0.25, 0.3) is 0 Å². The second kappa shape index (κ2) is 4.40. The van der Waals surface area contributed by atoms with Crippen molar-refractivity contribution in [1.82, 2.24) is 9.97 Å². The van der Waals surface area contributed by atoms with Crippen molar-refractivity contribution in [2.45, 2.75) is 0 Å². The Bertz CT molecular complexity index is 542. The predicted molar refractivity (Wildman–Crippen MR) is 64.0 cm³/mol. The number of anilines is 1. The molecule has 0 fully saturated rings. The molecule has 2 N–H and O–H groups in total. The van der Waals surface area contributed by atoms with Gasteiger partial charge in [-0.25, -0.2) is 0 Å². The maximum atomic E-state index is 12.0. The molecule has 0 saturated carbocycles. The van der Waals surface area contributed by atoms with E-state index >= 15 is 0 Å². The molecule has 80 valence electrons. The SMILES string of the molecule is Nc1ccncc1C(=O)c1cncc(Br)c1. The molecule has 0 amide bonds. The zero-order valence-corrected chi connectivity index (χ0v) is 9.81. The summed E-state index contributed by atoms with van der Waals surface area (Å²) in [6.45, 7) is 0. The first kappa shape index (κ1) is 10.8. The van der Waals surface area contributed by atoms with Crippen molar-refractivity contribution >= 4 is 27.4 Å². The summed E-state index contributed by atoms with van der Waals surface area (Å²) in [7, 11) is 0. The van der Waals surface area contributed by atoms with Gasteiger partial charge in [0.05, 0.1) is 5.56 Å². The molecule has 0 radical (unpaired) electrons. The topological polar surface area (TPSA) is 68.9 Å². The number of nitrogen functional groups attached to an aromatic ring is 1. The number of carbonyl (C=O) groups is 1. The van der Waals surface area contributed by atoms with Crippen LogP contribution < -0.4 is 5.73 Å². The van der Waals surface area contributed by atoms with E-state index in [2.05, 4.69) is 25.9 Å². The Morgan fingerprint density at radius 3 is 2.75 bits per heavy atom. The van der Waals surface area contributed by atoms with Gasteiger partial charge >= 0.3 is 0 Å². The normalized spacial score (nSPS) is 10.1. The summed E-state index contributed by atoms with van der Waals surface area (Å²) in [5.41, 5.74) is 6.99. The van der Waals surface area contributed by atoms with Crippen LogP contribution in [0.2, 0.25) is 0 Å². The Balaban J connectivity index is 2.44. The molecule has 2 aromatic heterocycles. The summed E-state index contributed by atoms with van der Waals surface area (Å²) >= 11 is 3.26. The van der Waals surface area contributed by atoms with Crippen molar-refractivity contribution in [3.05, 3.63) is 52.5 Å². The summed E-state index contributed by atoms with van der Waals surface area (Å²) in [6, 6.07) is 3.29. The van der Waals surface area contributed by atoms with Crippen LogP contribution in [0.15, 0.2) is 41.4 Å². The van der Waals surface area contributed by atoms with E-state index in [-0.39, 0.29) is 5.78 Å². The van der Waals surface area contributed by atoms with Crippen LogP contribution in [0.5, 0.6) is 0 Å². The van der Waals surface area contributed by atoms with Crippen LogP contribution in [0, 0.1) is 0 Å². The van der Waals surface area contributed by atoms with Crippen LogP contribution in [0.1, 0.15) is 15.9 Å². The summed E-state index contributed by atoms with van der Waals surface area (Å²) in [4.78, 5) is 19.9. The maximum Gasteiger partial charge on any atom is 0.198 e. The van der Waals surface area contributed by atoms with Crippen LogP contribution >= 0.6 is 15.9 Å². The Labute approximate surface area is 101 Å². The first-order chi connectivity index (χ1) is 7.68. The van der Waals surface area contributed by atoms with Gasteiger partial charge in [-0.15, -0.1) is 0 Å². The molecular formula is C11H8BrN3O. The molecule has 2 heterocycles. The van der Waals surface area contributed by atoms with Crippen LogP contribution in [-0.2, 0) is 0 Å². The smallest absolute Gasteiger partial charge is 0.198 e. The average molecular weight is 278 g/mol. The molecule has 4 nitrogen and oxygen atoms in total. The average Bonchev–Trinajstić information content (AvgIpc) is 2.29. The molecule has 5 heteroatoms. The van der Waals surface area contributed by atoms with Crippen molar-refractivity contribution in [2.24, 2.45) is 0 Å². The predicted octanol–water partition coefficient (Wildman–Crippen LogP) is 2.05. The van der Waals surface area contributed by atoms with Gasteiger partial charge in [0.25, 0.3) is 0 Å². The molecule has 0 aliphatic rings. The van der Waals surface area contributed by atoms with E-state index in [9.17, 15) is 4.79 Å². The minimum Gasteiger partial charge on any atom is -0.398 e. The number of halogens is 1. The zero-order chi connectivity index (χ0) is 11.5. The van der Waals surface area contributed by atoms with E-state index in [1.807, 2.05) is 0 Å². The molecule has 0 unspecified atom stereocenters. The summed E-state index contributed by atoms with van der Waals surface area (Å²) < 4.78 is 0.751. The van der Waals surface area contributed by atoms with Gasteiger partial charge in [0, 0.05) is 40.5 Å². The number of nitrogens with zero attached hydrogens (tertiary/aromatic N) is 2. The quantitative estimate of drug-likeness (QED) is 0.853. The molecule has 0 aliphatic heterocycles. The fourth-order valence-corrected chi connectivity index (χ4v) is 1.65. The van der Waals surface area contributed by atoms with Crippen LogP contribution in [-0.4, -0.2) is 15.8 Å². The Hall–Kier alpha value is -1.75. The van der Waals surface area contributed by atoms with Gasteiger partial charge in [0.15, 0.2) is 5.78 Å². The molecule has 2 rings (SSSR count). The minimum atomic E-state index is -0.181. The third-order valence-electron chi connectivity index (χ3n) is 2.07. The number of pyridine rings is 2. The number of hydrogen-bond donors (Lipinski definition) is 1. The molecule has 16 heavy (non-hydrogen) atoms. The highest BCUT2D eigenvalue weighted by molar-refractivity contribution is 9.10. The van der Waals surface area contributed by atoms with Crippen molar-refractivity contribution in [3.63, 3.8) is 0 Å². The third kappa shape index (κ3) is 2.09. The second-order valence-corrected chi connectivity index (χ2v) is 4.10. The standard InChI is InChI=1S/C11H8BrN3O/c12-8-3-7(4-15-5-8)11(16)9-6-14-2-1-10(9)13/h1-6H,(H2,13,14). The van der Waals surface area contributed by atoms with E-state index in [0.29, 0.717) is 16.8 Å². The maximum absolute atomic E-state index is 12.0. The Kier molecular flexibility index (Phi) is 2.96. The van der Waals surface area contributed by atoms with Gasteiger partial charge in [0.2, 0.25) is 0 Å². The van der Waals surface area contributed by atoms with Gasteiger partial charge < -0.3 is 5.73 Å². The lowest BCUT2D eigenvalue weighted by atomic mass is 10.1. The first-order valence-corrected chi connectivity index (χ1v) is 5.32. The highest BCUT2D eigenvalue weighted by Gasteiger charge is 2.12. The van der Waals surface area contributed by atoms with Crippen molar-refractivity contribution in [1.29, 1.82) is 0 Å². The van der Waals surface area contributed by atoms with Gasteiger partial charge in [-0.2, -0.15) is 0 Å². The molecule has 0 atom stereocenters. The van der Waals surface area contributed by atoms with Crippen molar-refractivity contribution < 1.29 is 4.79 Å². The van der Waals surface area contributed by atoms with E-state index in [4.69, 9.17) is 5.73 Å². The summed E-state index contributed by atoms with van der Waals surface area (Å²) in [5, 5.41) is 0. The van der Waals surface area contributed by atoms with Gasteiger partial charge in [-0.3, -0.25) is 14.8 Å². The van der Waals surface area contributed by atoms with E-state index in [1.54, 1.807) is 24.5 Å². The molecule has 0 aromatic carbocycles. The number of rotatable bonds is 2. The summed E-state index contributed by atoms with van der Waals surface area (Å²) in [6.07, 6.45) is 6.12. The molecular weight excluding hydrogens is 270 g/mol. The van der Waals surface area contributed by atoms with E-state index < -0.39 is 0 Å². The number of aromatic nitrogens is 2. The lowest BCUT2D eigenvalue weighted by Gasteiger charge is -2.03. The zero-order valence-electron chi connectivity index (χ0n) is 8.22. The molecule has 0 saturated heterocycles. The van der Waals surface area contributed by atoms with Gasteiger partial charge in [-0.1, -0.05) is 0 Å². The minimum absolute atomic E-state index is 0.181. The fourth-order valence-electron chi connectivity index (χ4n) is 1.29. The highest BCUT2D eigenvalue weighted by Crippen LogP contribution is 2.17. The van der Waals surface area contributed by atoms with Crippen molar-refractivity contribution in [3.8, 4) is 0 Å². The first-order valence-electron chi connectivity index (χ1n) is 4.53. The van der Waals surface area contributed by atoms with E-state index in [1.165, 1.54) is 12.4 Å². The largest absolute Gasteiger partial charge is 0.398 e. The van der Waals surface area contributed by atoms with E-state index in [0.717, 1.165) is 4.47 Å². The fraction of sp³-hybridized carbons (Fsp3) is 0. The number of nitrogens with two attached hydrogens (primary N) is 1. The van der Waals surface area contributed by atoms with Gasteiger partial charge in [0.1, 0.15) is 0 Å². The lowest BCUT2D eigenvalue weighted by molar-refractivity contribution is 0.103. The van der Waals surface area contributed by atoms with Crippen molar-refractivity contribution in [2.75, 3.05) is 5.73 Å². The highest BCUT2D eigenvalue weighted by atomic mass is 79.9. The molecule has 0 aliphatic carbocycles. The Morgan fingerprint density at radius 1 is 1.25 bits per heavy atom. The summed E-state index contributed by atoms with van der Waals surface area (Å²) in [5.74, 6) is -0.181. The number of carbonyl (C=O) groups excluding carboxylic acids is 1. The monoisotopic (exact) mass is 277 g/mol. The third-order valence-corrected chi connectivity index (χ3v) is 2.50. The molecule has 2 aromatic rings. The van der Waals surface area contributed by atoms with Crippen LogP contribution in [0.3, 0.4) is 0 Å². The molecule has 0 bridgehead atoms. The number of ketones is 1. The molecule has 0 spiro atoms. The van der Waals surface area contributed by atoms with Gasteiger partial charge in [-0.05, 0) is 28.1 Å². The Morgan fingerprint density at radius 2 is 2.06 bits per heavy atom.